The van der Waals surface area contributed by atoms with E-state index in [0.717, 1.165) is 36.8 Å². The molecule has 1 saturated heterocycles. The summed E-state index contributed by atoms with van der Waals surface area (Å²) < 4.78 is 1.92. The second kappa shape index (κ2) is 7.81. The number of fused-ring (bicyclic) bond motifs is 1. The van der Waals surface area contributed by atoms with Crippen LogP contribution < -0.4 is 10.2 Å². The zero-order valence-electron chi connectivity index (χ0n) is 16.7. The van der Waals surface area contributed by atoms with Crippen LogP contribution in [0.1, 0.15) is 22.5 Å². The Morgan fingerprint density at radius 3 is 2.70 bits per heavy atom. The van der Waals surface area contributed by atoms with Gasteiger partial charge in [0.05, 0.1) is 17.0 Å². The number of aryl methyl sites for hydroxylation is 1. The fourth-order valence-corrected chi connectivity index (χ4v) is 5.27. The summed E-state index contributed by atoms with van der Waals surface area (Å²) in [5.41, 5.74) is 0.745. The van der Waals surface area contributed by atoms with Gasteiger partial charge in [0.25, 0.3) is 5.91 Å². The number of hydrogen-bond donors (Lipinski definition) is 2. The third-order valence-corrected chi connectivity index (χ3v) is 7.10. The quantitative estimate of drug-likeness (QED) is 0.665. The van der Waals surface area contributed by atoms with Crippen molar-refractivity contribution in [1.29, 1.82) is 0 Å². The second-order valence-electron chi connectivity index (χ2n) is 8.16. The largest absolute Gasteiger partial charge is 0.391 e. The molecule has 0 spiro atoms. The van der Waals surface area contributed by atoms with Crippen LogP contribution in [0.15, 0.2) is 42.0 Å². The number of amides is 1. The molecule has 156 valence electrons. The van der Waals surface area contributed by atoms with Gasteiger partial charge in [-0.25, -0.2) is 4.98 Å². The summed E-state index contributed by atoms with van der Waals surface area (Å²) in [5, 5.41) is 24.3. The number of thiophene rings is 1. The van der Waals surface area contributed by atoms with E-state index in [0.29, 0.717) is 23.1 Å². The first kappa shape index (κ1) is 19.2. The molecule has 1 aliphatic heterocycles. The van der Waals surface area contributed by atoms with Gasteiger partial charge in [-0.2, -0.15) is 0 Å². The summed E-state index contributed by atoms with van der Waals surface area (Å²) in [4.78, 5) is 19.6. The van der Waals surface area contributed by atoms with Gasteiger partial charge < -0.3 is 19.9 Å². The van der Waals surface area contributed by atoms with Gasteiger partial charge in [-0.15, -0.1) is 21.5 Å². The summed E-state index contributed by atoms with van der Waals surface area (Å²) >= 11 is 1.42. The van der Waals surface area contributed by atoms with E-state index in [-0.39, 0.29) is 11.9 Å². The Hall–Kier alpha value is -2.78. The van der Waals surface area contributed by atoms with E-state index >= 15 is 0 Å². The van der Waals surface area contributed by atoms with Gasteiger partial charge in [0, 0.05) is 32.5 Å². The van der Waals surface area contributed by atoms with Crippen molar-refractivity contribution in [1.82, 2.24) is 25.1 Å². The minimum atomic E-state index is -0.521. The first-order chi connectivity index (χ1) is 14.6. The lowest BCUT2D eigenvalue weighted by Gasteiger charge is -2.35. The van der Waals surface area contributed by atoms with Crippen LogP contribution >= 0.6 is 11.3 Å². The van der Waals surface area contributed by atoms with Crippen molar-refractivity contribution in [3.63, 3.8) is 0 Å². The predicted molar refractivity (Wildman–Crippen MR) is 114 cm³/mol. The van der Waals surface area contributed by atoms with Gasteiger partial charge in [0.2, 0.25) is 0 Å². The van der Waals surface area contributed by atoms with Crippen molar-refractivity contribution in [2.24, 2.45) is 18.9 Å². The van der Waals surface area contributed by atoms with Gasteiger partial charge in [0.1, 0.15) is 5.69 Å². The molecule has 2 N–H and O–H groups in total. The van der Waals surface area contributed by atoms with Crippen LogP contribution in [-0.2, 0) is 7.05 Å². The SMILES string of the molecule is Cn1ccnc1-c1ccc(N2C[C@H]3C[C@H](O)[C@@H](NC(=O)c4cccs4)C[C@H]3C2)nn1. The van der Waals surface area contributed by atoms with E-state index in [1.54, 1.807) is 6.20 Å². The fraction of sp³-hybridized carbons (Fsp3) is 0.429. The average molecular weight is 425 g/mol. The third kappa shape index (κ3) is 3.59. The van der Waals surface area contributed by atoms with E-state index in [1.807, 2.05) is 47.5 Å². The normalized spacial score (nSPS) is 25.9. The van der Waals surface area contributed by atoms with Gasteiger partial charge in [-0.3, -0.25) is 4.79 Å². The number of carbonyl (C=O) groups excluding carboxylic acids is 1. The first-order valence-electron chi connectivity index (χ1n) is 10.2. The smallest absolute Gasteiger partial charge is 0.261 e. The van der Waals surface area contributed by atoms with Crippen LogP contribution in [0.2, 0.25) is 0 Å². The number of carbonyl (C=O) groups is 1. The molecule has 1 amide bonds. The van der Waals surface area contributed by atoms with Crippen LogP contribution in [0.5, 0.6) is 0 Å². The number of nitrogens with zero attached hydrogens (tertiary/aromatic N) is 5. The van der Waals surface area contributed by atoms with Gasteiger partial charge in [-0.05, 0) is 48.3 Å². The first-order valence-corrected chi connectivity index (χ1v) is 11.1. The number of anilines is 1. The minimum absolute atomic E-state index is 0.0990. The summed E-state index contributed by atoms with van der Waals surface area (Å²) in [7, 11) is 1.93. The zero-order chi connectivity index (χ0) is 20.7. The molecule has 2 aliphatic rings. The highest BCUT2D eigenvalue weighted by Gasteiger charge is 2.42. The molecule has 0 bridgehead atoms. The van der Waals surface area contributed by atoms with Crippen molar-refractivity contribution in [3.8, 4) is 11.5 Å². The number of hydrogen-bond acceptors (Lipinski definition) is 7. The standard InChI is InChI=1S/C21H24N6O2S/c1-26-7-6-22-20(26)15-4-5-19(25-24-15)27-11-13-9-16(17(28)10-14(13)12-27)23-21(29)18-3-2-8-30-18/h2-8,13-14,16-17,28H,9-12H2,1H3,(H,23,29)/t13-,14+,16-,17-/m0/s1. The highest BCUT2D eigenvalue weighted by molar-refractivity contribution is 7.12. The van der Waals surface area contributed by atoms with Crippen LogP contribution in [-0.4, -0.2) is 56.0 Å². The van der Waals surface area contributed by atoms with Gasteiger partial charge in [0.15, 0.2) is 11.6 Å². The zero-order valence-corrected chi connectivity index (χ0v) is 17.5. The molecule has 4 heterocycles. The molecule has 3 aromatic rings. The van der Waals surface area contributed by atoms with Crippen molar-refractivity contribution < 1.29 is 9.90 Å². The maximum Gasteiger partial charge on any atom is 0.261 e. The Kier molecular flexibility index (Phi) is 5.00. The highest BCUT2D eigenvalue weighted by Crippen LogP contribution is 2.38. The molecule has 1 saturated carbocycles. The van der Waals surface area contributed by atoms with Crippen molar-refractivity contribution >= 4 is 23.1 Å². The Morgan fingerprint density at radius 2 is 2.03 bits per heavy atom. The van der Waals surface area contributed by atoms with Crippen LogP contribution in [0.25, 0.3) is 11.5 Å². The van der Waals surface area contributed by atoms with Crippen LogP contribution in [0.4, 0.5) is 5.82 Å². The molecular formula is C21H24N6O2S. The number of aromatic nitrogens is 4. The minimum Gasteiger partial charge on any atom is -0.391 e. The van der Waals surface area contributed by atoms with E-state index < -0.39 is 6.10 Å². The topological polar surface area (TPSA) is 96.2 Å². The van der Waals surface area contributed by atoms with E-state index in [1.165, 1.54) is 11.3 Å². The molecule has 5 rings (SSSR count). The van der Waals surface area contributed by atoms with Crippen LogP contribution in [0, 0.1) is 11.8 Å². The Labute approximate surface area is 178 Å². The van der Waals surface area contributed by atoms with Crippen LogP contribution in [0.3, 0.4) is 0 Å². The molecule has 0 unspecified atom stereocenters. The van der Waals surface area contributed by atoms with Crippen molar-refractivity contribution in [3.05, 3.63) is 46.9 Å². The number of nitrogens with one attached hydrogen (secondary N) is 1. The molecule has 0 aromatic carbocycles. The summed E-state index contributed by atoms with van der Waals surface area (Å²) in [6, 6.07) is 7.40. The molecule has 3 aromatic heterocycles. The summed E-state index contributed by atoms with van der Waals surface area (Å²) in [6.07, 6.45) is 4.57. The summed E-state index contributed by atoms with van der Waals surface area (Å²) in [5.74, 6) is 2.34. The predicted octanol–water partition coefficient (Wildman–Crippen LogP) is 1.94. The molecule has 1 aliphatic carbocycles. The number of rotatable bonds is 4. The van der Waals surface area contributed by atoms with Gasteiger partial charge in [-0.1, -0.05) is 6.07 Å². The lowest BCUT2D eigenvalue weighted by molar-refractivity contribution is 0.0463. The third-order valence-electron chi connectivity index (χ3n) is 6.23. The number of aliphatic hydroxyl groups excluding tert-OH is 1. The maximum absolute atomic E-state index is 12.4. The monoisotopic (exact) mass is 424 g/mol. The van der Waals surface area contributed by atoms with E-state index in [4.69, 9.17) is 0 Å². The highest BCUT2D eigenvalue weighted by atomic mass is 32.1. The molecule has 30 heavy (non-hydrogen) atoms. The average Bonchev–Trinajstić information content (AvgIpc) is 3.49. The number of imidazole rings is 1. The lowest BCUT2D eigenvalue weighted by Crippen LogP contribution is -2.49. The Bertz CT molecular complexity index is 1020. The Balaban J connectivity index is 1.25. The molecule has 9 heteroatoms. The maximum atomic E-state index is 12.4. The fourth-order valence-electron chi connectivity index (χ4n) is 4.65. The molecular weight excluding hydrogens is 400 g/mol. The molecule has 2 fully saturated rings. The Morgan fingerprint density at radius 1 is 1.20 bits per heavy atom. The number of aliphatic hydroxyl groups is 1. The van der Waals surface area contributed by atoms with Crippen molar-refractivity contribution in [2.45, 2.75) is 25.0 Å². The van der Waals surface area contributed by atoms with E-state index in [9.17, 15) is 9.90 Å². The van der Waals surface area contributed by atoms with E-state index in [2.05, 4.69) is 25.4 Å². The van der Waals surface area contributed by atoms with Crippen molar-refractivity contribution in [2.75, 3.05) is 18.0 Å². The molecule has 0 radical (unpaired) electrons. The lowest BCUT2D eigenvalue weighted by atomic mass is 9.77. The summed E-state index contributed by atoms with van der Waals surface area (Å²) in [6.45, 7) is 1.71. The van der Waals surface area contributed by atoms with Gasteiger partial charge >= 0.3 is 0 Å². The second-order valence-corrected chi connectivity index (χ2v) is 9.11. The molecule has 4 atom stereocenters. The molecule has 8 nitrogen and oxygen atoms in total.